The topological polar surface area (TPSA) is 58.6 Å². The first-order valence-corrected chi connectivity index (χ1v) is 7.74. The Hall–Kier alpha value is -1.55. The molecule has 4 heteroatoms. The third-order valence-corrected chi connectivity index (χ3v) is 4.60. The number of hydrogen-bond acceptors (Lipinski definition) is 3. The lowest BCUT2D eigenvalue weighted by Crippen LogP contribution is -2.48. The molecule has 1 unspecified atom stereocenters. The third-order valence-electron chi connectivity index (χ3n) is 4.60. The molecule has 1 fully saturated rings. The molecule has 116 valence electrons. The number of amides is 1. The van der Waals surface area contributed by atoms with Crippen molar-refractivity contribution in [2.45, 2.75) is 58.1 Å². The van der Waals surface area contributed by atoms with Crippen LogP contribution in [-0.2, 0) is 4.74 Å². The van der Waals surface area contributed by atoms with Crippen LogP contribution in [0.15, 0.2) is 18.2 Å². The van der Waals surface area contributed by atoms with Gasteiger partial charge < -0.3 is 15.2 Å². The number of phenols is 1. The van der Waals surface area contributed by atoms with Crippen LogP contribution in [0.5, 0.6) is 5.75 Å². The van der Waals surface area contributed by atoms with Crippen molar-refractivity contribution in [1.29, 1.82) is 0 Å². The van der Waals surface area contributed by atoms with Gasteiger partial charge in [0.2, 0.25) is 0 Å². The molecule has 2 N–H and O–H groups in total. The summed E-state index contributed by atoms with van der Waals surface area (Å²) in [7, 11) is 0. The zero-order valence-electron chi connectivity index (χ0n) is 13.1. The zero-order valence-corrected chi connectivity index (χ0v) is 13.1. The molecule has 21 heavy (non-hydrogen) atoms. The second-order valence-electron chi connectivity index (χ2n) is 5.87. The Bertz CT molecular complexity index is 509. The van der Waals surface area contributed by atoms with E-state index in [-0.39, 0.29) is 23.3 Å². The molecule has 1 aromatic carbocycles. The van der Waals surface area contributed by atoms with Crippen LogP contribution in [0.3, 0.4) is 0 Å². The summed E-state index contributed by atoms with van der Waals surface area (Å²) < 4.78 is 5.92. The summed E-state index contributed by atoms with van der Waals surface area (Å²) >= 11 is 0. The number of ether oxygens (including phenoxy) is 1. The van der Waals surface area contributed by atoms with Gasteiger partial charge in [0.1, 0.15) is 5.75 Å². The van der Waals surface area contributed by atoms with E-state index in [1.807, 2.05) is 0 Å². The Morgan fingerprint density at radius 1 is 1.43 bits per heavy atom. The molecule has 0 radical (unpaired) electrons. The first-order chi connectivity index (χ1) is 10.0. The molecule has 1 atom stereocenters. The van der Waals surface area contributed by atoms with Gasteiger partial charge in [0, 0.05) is 12.6 Å². The monoisotopic (exact) mass is 291 g/mol. The molecule has 0 aromatic heterocycles. The number of phenolic OH excluding ortho intramolecular Hbond substituents is 1. The first-order valence-electron chi connectivity index (χ1n) is 7.74. The highest BCUT2D eigenvalue weighted by Crippen LogP contribution is 2.31. The maximum absolute atomic E-state index is 12.4. The van der Waals surface area contributed by atoms with Gasteiger partial charge in [0.25, 0.3) is 5.91 Å². The van der Waals surface area contributed by atoms with Crippen molar-refractivity contribution in [3.05, 3.63) is 29.3 Å². The predicted octanol–water partition coefficient (Wildman–Crippen LogP) is 3.17. The van der Waals surface area contributed by atoms with Gasteiger partial charge >= 0.3 is 0 Å². The van der Waals surface area contributed by atoms with E-state index in [0.29, 0.717) is 17.7 Å². The maximum Gasteiger partial charge on any atom is 0.255 e. The lowest BCUT2D eigenvalue weighted by molar-refractivity contribution is -0.0917. The van der Waals surface area contributed by atoms with Gasteiger partial charge in [0.05, 0.1) is 11.2 Å². The summed E-state index contributed by atoms with van der Waals surface area (Å²) in [6.07, 6.45) is 3.55. The van der Waals surface area contributed by atoms with E-state index >= 15 is 0 Å². The van der Waals surface area contributed by atoms with Crippen LogP contribution >= 0.6 is 0 Å². The van der Waals surface area contributed by atoms with Crippen LogP contribution in [0, 0.1) is 6.92 Å². The third kappa shape index (κ3) is 3.38. The molecule has 1 heterocycles. The molecule has 1 aliphatic rings. The minimum absolute atomic E-state index is 0.0688. The Balaban J connectivity index is 2.07. The van der Waals surface area contributed by atoms with E-state index in [9.17, 15) is 9.90 Å². The number of para-hydroxylation sites is 1. The van der Waals surface area contributed by atoms with E-state index in [4.69, 9.17) is 4.74 Å². The molecule has 0 aliphatic carbocycles. The van der Waals surface area contributed by atoms with Gasteiger partial charge in [-0.2, -0.15) is 0 Å². The maximum atomic E-state index is 12.4. The summed E-state index contributed by atoms with van der Waals surface area (Å²) in [5.41, 5.74) is 0.941. The van der Waals surface area contributed by atoms with Crippen molar-refractivity contribution < 1.29 is 14.6 Å². The van der Waals surface area contributed by atoms with Crippen molar-refractivity contribution in [2.75, 3.05) is 6.61 Å². The molecule has 1 aromatic rings. The van der Waals surface area contributed by atoms with E-state index < -0.39 is 0 Å². The van der Waals surface area contributed by atoms with Crippen molar-refractivity contribution >= 4 is 5.91 Å². The average molecular weight is 291 g/mol. The fourth-order valence-corrected chi connectivity index (χ4v) is 3.00. The van der Waals surface area contributed by atoms with Crippen LogP contribution < -0.4 is 5.32 Å². The molecule has 1 amide bonds. The summed E-state index contributed by atoms with van der Waals surface area (Å²) in [6, 6.07) is 5.34. The van der Waals surface area contributed by atoms with Gasteiger partial charge in [-0.3, -0.25) is 4.79 Å². The SMILES string of the molecule is CCC1(CC)CC(NC(=O)c2cccc(C)c2O)CCO1. The number of carbonyl (C=O) groups is 1. The van der Waals surface area contributed by atoms with Crippen LogP contribution in [0.2, 0.25) is 0 Å². The second-order valence-corrected chi connectivity index (χ2v) is 5.87. The quantitative estimate of drug-likeness (QED) is 0.896. The Kier molecular flexibility index (Phi) is 4.88. The predicted molar refractivity (Wildman–Crippen MR) is 82.6 cm³/mol. The number of aromatic hydroxyl groups is 1. The first kappa shape index (κ1) is 15.8. The zero-order chi connectivity index (χ0) is 15.5. The standard InChI is InChI=1S/C17H25NO3/c1-4-17(5-2)11-13(9-10-21-17)18-16(20)14-8-6-7-12(3)15(14)19/h6-8,13,19H,4-5,9-11H2,1-3H3,(H,18,20). The average Bonchev–Trinajstić information content (AvgIpc) is 2.50. The summed E-state index contributed by atoms with van der Waals surface area (Å²) in [5, 5.41) is 13.1. The van der Waals surface area contributed by atoms with Crippen LogP contribution in [-0.4, -0.2) is 29.3 Å². The molecule has 1 saturated heterocycles. The molecule has 0 bridgehead atoms. The van der Waals surface area contributed by atoms with Crippen molar-refractivity contribution in [1.82, 2.24) is 5.32 Å². The Morgan fingerprint density at radius 2 is 2.14 bits per heavy atom. The van der Waals surface area contributed by atoms with E-state index in [0.717, 1.165) is 25.7 Å². The number of carbonyl (C=O) groups excluding carboxylic acids is 1. The normalized spacial score (nSPS) is 21.0. The fourth-order valence-electron chi connectivity index (χ4n) is 3.00. The molecule has 0 saturated carbocycles. The van der Waals surface area contributed by atoms with Gasteiger partial charge in [-0.1, -0.05) is 26.0 Å². The highest BCUT2D eigenvalue weighted by atomic mass is 16.5. The lowest BCUT2D eigenvalue weighted by Gasteiger charge is -2.40. The van der Waals surface area contributed by atoms with Crippen molar-refractivity contribution in [2.24, 2.45) is 0 Å². The van der Waals surface area contributed by atoms with Crippen LogP contribution in [0.25, 0.3) is 0 Å². The molecule has 0 spiro atoms. The number of rotatable bonds is 4. The largest absolute Gasteiger partial charge is 0.507 e. The van der Waals surface area contributed by atoms with Gasteiger partial charge in [-0.15, -0.1) is 0 Å². The minimum atomic E-state index is -0.204. The van der Waals surface area contributed by atoms with Gasteiger partial charge in [-0.25, -0.2) is 0 Å². The number of nitrogens with one attached hydrogen (secondary N) is 1. The van der Waals surface area contributed by atoms with Crippen molar-refractivity contribution in [3.8, 4) is 5.75 Å². The van der Waals surface area contributed by atoms with Crippen molar-refractivity contribution in [3.63, 3.8) is 0 Å². The number of aryl methyl sites for hydroxylation is 1. The fraction of sp³-hybridized carbons (Fsp3) is 0.588. The van der Waals surface area contributed by atoms with E-state index in [1.54, 1.807) is 25.1 Å². The lowest BCUT2D eigenvalue weighted by atomic mass is 9.86. The van der Waals surface area contributed by atoms with Crippen LogP contribution in [0.4, 0.5) is 0 Å². The number of benzene rings is 1. The highest BCUT2D eigenvalue weighted by Gasteiger charge is 2.35. The number of hydrogen-bond donors (Lipinski definition) is 2. The molecule has 2 rings (SSSR count). The minimum Gasteiger partial charge on any atom is -0.507 e. The van der Waals surface area contributed by atoms with E-state index in [1.165, 1.54) is 0 Å². The smallest absolute Gasteiger partial charge is 0.255 e. The Labute approximate surface area is 126 Å². The van der Waals surface area contributed by atoms with Gasteiger partial charge in [0.15, 0.2) is 0 Å². The summed E-state index contributed by atoms with van der Waals surface area (Å²) in [5.74, 6) is -0.136. The molecular formula is C17H25NO3. The van der Waals surface area contributed by atoms with Crippen LogP contribution in [0.1, 0.15) is 55.5 Å². The molecular weight excluding hydrogens is 266 g/mol. The van der Waals surface area contributed by atoms with Gasteiger partial charge in [-0.05, 0) is 44.2 Å². The second kappa shape index (κ2) is 6.48. The highest BCUT2D eigenvalue weighted by molar-refractivity contribution is 5.97. The molecule has 1 aliphatic heterocycles. The molecule has 4 nitrogen and oxygen atoms in total. The summed E-state index contributed by atoms with van der Waals surface area (Å²) in [4.78, 5) is 12.4. The van der Waals surface area contributed by atoms with E-state index in [2.05, 4.69) is 19.2 Å². The summed E-state index contributed by atoms with van der Waals surface area (Å²) in [6.45, 7) is 6.71. The Morgan fingerprint density at radius 3 is 2.81 bits per heavy atom.